The van der Waals surface area contributed by atoms with E-state index >= 15 is 0 Å². The maximum atomic E-state index is 10.7. The first-order valence-corrected chi connectivity index (χ1v) is 1.11. The molecule has 6 heavy (non-hydrogen) atoms. The van der Waals surface area contributed by atoms with Crippen LogP contribution in [0.3, 0.4) is 0 Å². The molecule has 0 aliphatic rings. The number of hydrogen-bond acceptors (Lipinski definition) is 0. The fourth-order valence-electron chi connectivity index (χ4n) is 0. The van der Waals surface area contributed by atoms with Gasteiger partial charge in [-0.15, -0.1) is 5.73 Å². The molecule has 0 nitrogen and oxygen atoms in total. The van der Waals surface area contributed by atoms with Gasteiger partial charge >= 0.3 is 0 Å². The molecule has 33 valence electrons. The molecule has 0 aliphatic carbocycles. The van der Waals surface area contributed by atoms with Crippen LogP contribution < -0.4 is 0 Å². The van der Waals surface area contributed by atoms with Crippen LogP contribution in [-0.4, -0.2) is 7.85 Å². The monoisotopic (exact) mass is 92.0 g/mol. The van der Waals surface area contributed by atoms with Gasteiger partial charge in [-0.3, -0.25) is 4.39 Å². The van der Waals surface area contributed by atoms with Crippen LogP contribution in [0.4, 0.5) is 13.2 Å². The normalized spacial score (nSPS) is 8.00. The van der Waals surface area contributed by atoms with Gasteiger partial charge in [-0.2, -0.15) is 8.78 Å². The number of hydrogen-bond donors (Lipinski definition) is 0. The van der Waals surface area contributed by atoms with Gasteiger partial charge in [0.2, 0.25) is 0 Å². The van der Waals surface area contributed by atoms with E-state index in [1.165, 1.54) is 0 Å². The molecule has 0 aromatic heterocycles. The van der Waals surface area contributed by atoms with E-state index in [9.17, 15) is 13.2 Å². The first kappa shape index (κ1) is 5.59. The highest BCUT2D eigenvalue weighted by atomic mass is 19.3. The second kappa shape index (κ2) is 1.90. The van der Waals surface area contributed by atoms with Crippen LogP contribution in [0.15, 0.2) is 11.8 Å². The Labute approximate surface area is 34.1 Å². The van der Waals surface area contributed by atoms with Crippen molar-refractivity contribution in [3.8, 4) is 0 Å². The average Bonchev–Trinajstić information content (AvgIpc) is 1.36. The van der Waals surface area contributed by atoms with Crippen molar-refractivity contribution in [1.29, 1.82) is 0 Å². The summed E-state index contributed by atoms with van der Waals surface area (Å²) in [5.41, 5.74) is -1.91. The SMILES string of the molecule is [B-]C(F)=C(F)F. The Morgan fingerprint density at radius 3 is 1.33 bits per heavy atom. The summed E-state index contributed by atoms with van der Waals surface area (Å²) in [6.45, 7) is 0. The molecule has 0 fully saturated rings. The maximum absolute atomic E-state index is 10.7. The standard InChI is InChI=1S/C2BF3/c3-1(4)2(5)6/q-1. The first-order valence-electron chi connectivity index (χ1n) is 1.11. The van der Waals surface area contributed by atoms with E-state index in [2.05, 4.69) is 7.85 Å². The molecule has 0 N–H and O–H groups in total. The highest BCUT2D eigenvalue weighted by Crippen LogP contribution is 2.02. The lowest BCUT2D eigenvalue weighted by atomic mass is 10.1. The topological polar surface area (TPSA) is 0 Å². The van der Waals surface area contributed by atoms with Crippen molar-refractivity contribution < 1.29 is 13.2 Å². The van der Waals surface area contributed by atoms with E-state index in [4.69, 9.17) is 0 Å². The van der Waals surface area contributed by atoms with Gasteiger partial charge in [0.15, 0.2) is 0 Å². The summed E-state index contributed by atoms with van der Waals surface area (Å²) in [5.74, 6) is 0. The zero-order chi connectivity index (χ0) is 5.15. The highest BCUT2D eigenvalue weighted by molar-refractivity contribution is 6.20. The van der Waals surface area contributed by atoms with Gasteiger partial charge in [-0.05, 0) is 0 Å². The Bertz CT molecular complexity index is 58.9. The van der Waals surface area contributed by atoms with Crippen molar-refractivity contribution >= 4 is 7.85 Å². The van der Waals surface area contributed by atoms with Crippen molar-refractivity contribution in [2.45, 2.75) is 0 Å². The lowest BCUT2D eigenvalue weighted by Crippen LogP contribution is -1.67. The molecule has 0 atom stereocenters. The Morgan fingerprint density at radius 2 is 1.33 bits per heavy atom. The minimum Gasteiger partial charge on any atom is -0.531 e. The molecule has 0 unspecified atom stereocenters. The summed E-state index contributed by atoms with van der Waals surface area (Å²) in [6, 6.07) is 0. The Morgan fingerprint density at radius 1 is 1.17 bits per heavy atom. The predicted octanol–water partition coefficient (Wildman–Crippen LogP) is 1.19. The molecule has 0 spiro atoms. The Balaban J connectivity index is 3.68. The molecule has 3 radical (unpaired) electrons. The lowest BCUT2D eigenvalue weighted by molar-refractivity contribution is 0.393. The average molecular weight is 91.8 g/mol. The van der Waals surface area contributed by atoms with Crippen LogP contribution in [0, 0.1) is 0 Å². The summed E-state index contributed by atoms with van der Waals surface area (Å²) in [4.78, 5) is 0. The Hall–Kier alpha value is -0.405. The van der Waals surface area contributed by atoms with Gasteiger partial charge in [0, 0.05) is 0 Å². The summed E-state index contributed by atoms with van der Waals surface area (Å²) < 4.78 is 31.8. The predicted molar refractivity (Wildman–Crippen MR) is 16.1 cm³/mol. The number of halogens is 3. The van der Waals surface area contributed by atoms with E-state index < -0.39 is 11.8 Å². The molecule has 0 heterocycles. The fourth-order valence-corrected chi connectivity index (χ4v) is 0. The Kier molecular flexibility index (Phi) is 1.77. The summed E-state index contributed by atoms with van der Waals surface area (Å²) in [6.07, 6.45) is -2.46. The molecule has 0 saturated carbocycles. The molecule has 0 rings (SSSR count). The van der Waals surface area contributed by atoms with E-state index in [1.807, 2.05) is 0 Å². The third kappa shape index (κ3) is 1.87. The smallest absolute Gasteiger partial charge is 0.252 e. The molecular formula is C2BF3-. The van der Waals surface area contributed by atoms with Crippen molar-refractivity contribution in [3.05, 3.63) is 11.8 Å². The fraction of sp³-hybridized carbons (Fsp3) is 0. The van der Waals surface area contributed by atoms with E-state index in [1.54, 1.807) is 0 Å². The van der Waals surface area contributed by atoms with Crippen molar-refractivity contribution in [1.82, 2.24) is 0 Å². The molecule has 0 aliphatic heterocycles. The van der Waals surface area contributed by atoms with Gasteiger partial charge in [0.25, 0.3) is 6.08 Å². The molecule has 0 aromatic carbocycles. The molecular weight excluding hydrogens is 91.8 g/mol. The summed E-state index contributed by atoms with van der Waals surface area (Å²) >= 11 is 0. The van der Waals surface area contributed by atoms with Crippen LogP contribution >= 0.6 is 0 Å². The van der Waals surface area contributed by atoms with Crippen LogP contribution in [0.25, 0.3) is 0 Å². The molecule has 4 heteroatoms. The molecule has 0 amide bonds. The zero-order valence-electron chi connectivity index (χ0n) is 2.71. The lowest BCUT2D eigenvalue weighted by Gasteiger charge is -1.92. The van der Waals surface area contributed by atoms with Gasteiger partial charge in [-0.1, -0.05) is 0 Å². The van der Waals surface area contributed by atoms with Gasteiger partial charge < -0.3 is 7.85 Å². The van der Waals surface area contributed by atoms with Crippen LogP contribution in [0.5, 0.6) is 0 Å². The minimum absolute atomic E-state index is 1.91. The van der Waals surface area contributed by atoms with E-state index in [-0.39, 0.29) is 0 Å². The van der Waals surface area contributed by atoms with Gasteiger partial charge in [0.1, 0.15) is 0 Å². The molecule has 0 bridgehead atoms. The minimum atomic E-state index is -2.46. The summed E-state index contributed by atoms with van der Waals surface area (Å²) in [5, 5.41) is 0. The maximum Gasteiger partial charge on any atom is 0.252 e. The number of rotatable bonds is 0. The third-order valence-electron chi connectivity index (χ3n) is 0.181. The van der Waals surface area contributed by atoms with E-state index in [0.717, 1.165) is 0 Å². The second-order valence-corrected chi connectivity index (χ2v) is 0.608. The highest BCUT2D eigenvalue weighted by Gasteiger charge is 1.79. The van der Waals surface area contributed by atoms with Gasteiger partial charge in [-0.25, -0.2) is 0 Å². The zero-order valence-corrected chi connectivity index (χ0v) is 2.71. The van der Waals surface area contributed by atoms with E-state index in [0.29, 0.717) is 0 Å². The largest absolute Gasteiger partial charge is 0.531 e. The van der Waals surface area contributed by atoms with Crippen LogP contribution in [0.2, 0.25) is 0 Å². The second-order valence-electron chi connectivity index (χ2n) is 0.608. The molecule has 0 aromatic rings. The van der Waals surface area contributed by atoms with Gasteiger partial charge in [0.05, 0.1) is 0 Å². The van der Waals surface area contributed by atoms with Crippen molar-refractivity contribution in [2.75, 3.05) is 0 Å². The molecule has 0 saturated heterocycles. The van der Waals surface area contributed by atoms with Crippen LogP contribution in [-0.2, 0) is 0 Å². The quantitative estimate of drug-likeness (QED) is 0.393. The van der Waals surface area contributed by atoms with Crippen molar-refractivity contribution in [2.24, 2.45) is 0 Å². The van der Waals surface area contributed by atoms with Crippen molar-refractivity contribution in [3.63, 3.8) is 0 Å². The first-order chi connectivity index (χ1) is 2.64. The third-order valence-corrected chi connectivity index (χ3v) is 0.181. The summed E-state index contributed by atoms with van der Waals surface area (Å²) in [7, 11) is 3.90. The van der Waals surface area contributed by atoms with Crippen LogP contribution in [0.1, 0.15) is 0 Å².